The number of unbranched alkanes of at least 4 members (excludes halogenated alkanes) is 1. The molecule has 1 aromatic carbocycles. The molecule has 162 valence electrons. The lowest BCUT2D eigenvalue weighted by atomic mass is 10.2. The minimum atomic E-state index is 0.0898. The molecule has 31 heavy (non-hydrogen) atoms. The monoisotopic (exact) mass is 454 g/mol. The maximum absolute atomic E-state index is 6.50. The number of hydrazone groups is 1. The van der Waals surface area contributed by atoms with Gasteiger partial charge in [0.05, 0.1) is 12.7 Å². The van der Waals surface area contributed by atoms with Crippen molar-refractivity contribution in [3.05, 3.63) is 77.0 Å². The molecule has 3 heterocycles. The Labute approximate surface area is 192 Å². The first-order valence-electron chi connectivity index (χ1n) is 10.5. The van der Waals surface area contributed by atoms with Crippen LogP contribution in [0.4, 0.5) is 10.8 Å². The highest BCUT2D eigenvalue weighted by Crippen LogP contribution is 2.31. The zero-order chi connectivity index (χ0) is 21.8. The highest BCUT2D eigenvalue weighted by atomic mass is 35.5. The first-order valence-corrected chi connectivity index (χ1v) is 11.8. The molecule has 0 amide bonds. The number of rotatable bonds is 9. The highest BCUT2D eigenvalue weighted by molar-refractivity contribution is 7.14. The van der Waals surface area contributed by atoms with Gasteiger partial charge in [0.15, 0.2) is 11.7 Å². The first kappa shape index (κ1) is 21.5. The van der Waals surface area contributed by atoms with Crippen molar-refractivity contribution in [3.8, 4) is 0 Å². The molecule has 1 atom stereocenters. The van der Waals surface area contributed by atoms with Gasteiger partial charge in [0, 0.05) is 17.4 Å². The van der Waals surface area contributed by atoms with E-state index in [-0.39, 0.29) is 5.92 Å². The molecule has 0 spiro atoms. The van der Waals surface area contributed by atoms with E-state index in [2.05, 4.69) is 47.9 Å². The first-order chi connectivity index (χ1) is 15.1. The van der Waals surface area contributed by atoms with Crippen LogP contribution >= 0.6 is 22.9 Å². The highest BCUT2D eigenvalue weighted by Gasteiger charge is 2.31. The van der Waals surface area contributed by atoms with Crippen molar-refractivity contribution in [1.82, 2.24) is 15.0 Å². The maximum Gasteiger partial charge on any atom is 0.175 e. The summed E-state index contributed by atoms with van der Waals surface area (Å²) in [7, 11) is 0. The molecular formula is C23H27ClN6S. The number of imidazole rings is 1. The molecule has 6 nitrogen and oxygen atoms in total. The van der Waals surface area contributed by atoms with Crippen LogP contribution in [-0.2, 0) is 13.0 Å². The fraction of sp³-hybridized carbons (Fsp3) is 0.304. The smallest absolute Gasteiger partial charge is 0.175 e. The van der Waals surface area contributed by atoms with Gasteiger partial charge in [-0.1, -0.05) is 56.1 Å². The van der Waals surface area contributed by atoms with Gasteiger partial charge in [0.25, 0.3) is 0 Å². The fourth-order valence-corrected chi connectivity index (χ4v) is 4.26. The second-order valence-electron chi connectivity index (χ2n) is 7.49. The zero-order valence-electron chi connectivity index (χ0n) is 17.8. The standard InChI is InChI=1S/C23H27ClN6S/c1-4-6-12-20-25-15-21(28(20)16-18-10-7-8-11-19(18)24)29-26-23(17(3)5-2)27-30(29)22-13-9-14-31-22/h5,7-11,13-15,17H,2,4,6,12,16H2,1,3H3,(H,26,27). The van der Waals surface area contributed by atoms with E-state index in [1.165, 1.54) is 0 Å². The molecule has 0 saturated carbocycles. The molecule has 1 N–H and O–H groups in total. The SMILES string of the molecule is C=CC(C)C1=NN(c2cnc(CCCC)n2Cc2ccccc2Cl)N(c2cccs2)N1. The molecule has 1 aliphatic rings. The normalized spacial score (nSPS) is 14.5. The van der Waals surface area contributed by atoms with Gasteiger partial charge in [-0.25, -0.2) is 4.98 Å². The van der Waals surface area contributed by atoms with Gasteiger partial charge in [-0.2, -0.15) is 5.12 Å². The van der Waals surface area contributed by atoms with Crippen LogP contribution in [0.15, 0.2) is 65.7 Å². The third-order valence-corrected chi connectivity index (χ3v) is 6.49. The minimum Gasteiger partial charge on any atom is -0.307 e. The van der Waals surface area contributed by atoms with Crippen molar-refractivity contribution >= 4 is 39.6 Å². The Morgan fingerprint density at radius 3 is 2.81 bits per heavy atom. The molecular weight excluding hydrogens is 428 g/mol. The molecule has 4 rings (SSSR count). The van der Waals surface area contributed by atoms with Crippen molar-refractivity contribution < 1.29 is 0 Å². The van der Waals surface area contributed by atoms with Crippen molar-refractivity contribution in [1.29, 1.82) is 0 Å². The number of amidine groups is 1. The Hall–Kier alpha value is -2.77. The van der Waals surface area contributed by atoms with Crippen LogP contribution in [0.5, 0.6) is 0 Å². The number of thiophene rings is 1. The number of hydrazine groups is 2. The van der Waals surface area contributed by atoms with Crippen LogP contribution in [0.2, 0.25) is 5.02 Å². The predicted molar refractivity (Wildman–Crippen MR) is 131 cm³/mol. The Bertz CT molecular complexity index is 1060. The second kappa shape index (κ2) is 9.58. The summed E-state index contributed by atoms with van der Waals surface area (Å²) in [5, 5.41) is 12.6. The van der Waals surface area contributed by atoms with E-state index in [9.17, 15) is 0 Å². The number of anilines is 2. The second-order valence-corrected chi connectivity index (χ2v) is 8.82. The van der Waals surface area contributed by atoms with Gasteiger partial charge in [0.1, 0.15) is 10.8 Å². The third-order valence-electron chi connectivity index (χ3n) is 5.27. The van der Waals surface area contributed by atoms with Gasteiger partial charge >= 0.3 is 0 Å². The van der Waals surface area contributed by atoms with E-state index in [1.807, 2.05) is 46.8 Å². The molecule has 3 aromatic rings. The Morgan fingerprint density at radius 2 is 2.10 bits per heavy atom. The lowest BCUT2D eigenvalue weighted by Gasteiger charge is -2.27. The summed E-state index contributed by atoms with van der Waals surface area (Å²) in [6, 6.07) is 12.0. The predicted octanol–water partition coefficient (Wildman–Crippen LogP) is 5.87. The van der Waals surface area contributed by atoms with Crippen molar-refractivity contribution in [2.45, 2.75) is 39.7 Å². The number of aryl methyl sites for hydroxylation is 1. The summed E-state index contributed by atoms with van der Waals surface area (Å²) in [6.07, 6.45) is 6.87. The fourth-order valence-electron chi connectivity index (χ4n) is 3.39. The molecule has 8 heteroatoms. The van der Waals surface area contributed by atoms with Gasteiger partial charge in [-0.05, 0) is 35.6 Å². The Morgan fingerprint density at radius 1 is 1.26 bits per heavy atom. The summed E-state index contributed by atoms with van der Waals surface area (Å²) in [5.74, 6) is 2.84. The van der Waals surface area contributed by atoms with Gasteiger partial charge < -0.3 is 4.57 Å². The average Bonchev–Trinajstić information content (AvgIpc) is 3.52. The quantitative estimate of drug-likeness (QED) is 0.411. The van der Waals surface area contributed by atoms with Crippen molar-refractivity contribution in [3.63, 3.8) is 0 Å². The summed E-state index contributed by atoms with van der Waals surface area (Å²) >= 11 is 8.14. The van der Waals surface area contributed by atoms with Crippen LogP contribution < -0.4 is 15.7 Å². The molecule has 0 radical (unpaired) electrons. The number of nitrogens with zero attached hydrogens (tertiary/aromatic N) is 5. The van der Waals surface area contributed by atoms with E-state index in [4.69, 9.17) is 21.7 Å². The molecule has 0 saturated heterocycles. The number of nitrogens with one attached hydrogen (secondary N) is 1. The lowest BCUT2D eigenvalue weighted by molar-refractivity contribution is 0.656. The van der Waals surface area contributed by atoms with E-state index in [1.54, 1.807) is 11.3 Å². The molecule has 0 aliphatic carbocycles. The summed E-state index contributed by atoms with van der Waals surface area (Å²) in [5.41, 5.74) is 4.48. The molecule has 2 aromatic heterocycles. The largest absolute Gasteiger partial charge is 0.307 e. The number of aromatic nitrogens is 2. The molecule has 0 bridgehead atoms. The minimum absolute atomic E-state index is 0.0898. The van der Waals surface area contributed by atoms with Crippen molar-refractivity contribution in [2.24, 2.45) is 11.0 Å². The van der Waals surface area contributed by atoms with Crippen molar-refractivity contribution in [2.75, 3.05) is 10.2 Å². The summed E-state index contributed by atoms with van der Waals surface area (Å²) in [4.78, 5) is 4.77. The van der Waals surface area contributed by atoms with E-state index < -0.39 is 0 Å². The average molecular weight is 455 g/mol. The van der Waals surface area contributed by atoms with Crippen LogP contribution in [0.1, 0.15) is 38.1 Å². The van der Waals surface area contributed by atoms with Gasteiger partial charge in [0.2, 0.25) is 0 Å². The molecule has 1 aliphatic heterocycles. The van der Waals surface area contributed by atoms with E-state index in [0.29, 0.717) is 6.54 Å². The zero-order valence-corrected chi connectivity index (χ0v) is 19.4. The van der Waals surface area contributed by atoms with Crippen LogP contribution in [0, 0.1) is 5.92 Å². The number of hydrogen-bond acceptors (Lipinski definition) is 6. The summed E-state index contributed by atoms with van der Waals surface area (Å²) in [6.45, 7) is 8.82. The number of halogens is 1. The number of hydrogen-bond donors (Lipinski definition) is 1. The topological polar surface area (TPSA) is 48.7 Å². The molecule has 0 fully saturated rings. The Kier molecular flexibility index (Phi) is 6.63. The lowest BCUT2D eigenvalue weighted by Crippen LogP contribution is -2.45. The van der Waals surface area contributed by atoms with Crippen LogP contribution in [0.3, 0.4) is 0 Å². The van der Waals surface area contributed by atoms with Gasteiger partial charge in [-0.3, -0.25) is 5.43 Å². The maximum atomic E-state index is 6.50. The van der Waals surface area contributed by atoms with Crippen LogP contribution in [-0.4, -0.2) is 15.4 Å². The van der Waals surface area contributed by atoms with E-state index >= 15 is 0 Å². The third kappa shape index (κ3) is 4.48. The van der Waals surface area contributed by atoms with Crippen LogP contribution in [0.25, 0.3) is 0 Å². The van der Waals surface area contributed by atoms with Gasteiger partial charge in [-0.15, -0.1) is 28.1 Å². The van der Waals surface area contributed by atoms with E-state index in [0.717, 1.165) is 52.3 Å². The summed E-state index contributed by atoms with van der Waals surface area (Å²) < 4.78 is 2.21. The molecule has 1 unspecified atom stereocenters. The Balaban J connectivity index is 1.77. The number of benzene rings is 1.